The Hall–Kier alpha value is -1.24. The zero-order valence-electron chi connectivity index (χ0n) is 9.97. The van der Waals surface area contributed by atoms with E-state index in [2.05, 4.69) is 20.5 Å². The fourth-order valence-corrected chi connectivity index (χ4v) is 3.47. The van der Waals surface area contributed by atoms with Gasteiger partial charge in [0.1, 0.15) is 0 Å². The lowest BCUT2D eigenvalue weighted by Crippen LogP contribution is -2.35. The van der Waals surface area contributed by atoms with Crippen LogP contribution >= 0.6 is 0 Å². The number of nitrogens with zero attached hydrogens (tertiary/aromatic N) is 3. The summed E-state index contributed by atoms with van der Waals surface area (Å²) in [7, 11) is -2.91. The van der Waals surface area contributed by atoms with Crippen LogP contribution in [0.2, 0.25) is 0 Å². The van der Waals surface area contributed by atoms with Crippen molar-refractivity contribution in [1.29, 1.82) is 0 Å². The molecule has 1 saturated heterocycles. The van der Waals surface area contributed by atoms with Crippen LogP contribution in [-0.2, 0) is 9.84 Å². The van der Waals surface area contributed by atoms with E-state index in [-0.39, 0.29) is 17.5 Å². The average Bonchev–Trinajstić information content (AvgIpc) is 2.22. The van der Waals surface area contributed by atoms with E-state index in [0.29, 0.717) is 12.4 Å². The molecule has 0 bridgehead atoms. The van der Waals surface area contributed by atoms with Crippen molar-refractivity contribution >= 4 is 15.8 Å². The molecule has 1 aliphatic rings. The fraction of sp³-hybridized carbons (Fsp3) is 0.700. The number of anilines is 1. The van der Waals surface area contributed by atoms with Crippen LogP contribution in [0.5, 0.6) is 0 Å². The van der Waals surface area contributed by atoms with E-state index in [1.165, 1.54) is 0 Å². The molecule has 2 rings (SSSR count). The number of aromatic nitrogens is 3. The maximum Gasteiger partial charge on any atom is 0.243 e. The summed E-state index contributed by atoms with van der Waals surface area (Å²) in [4.78, 5) is 4.24. The van der Waals surface area contributed by atoms with Crippen molar-refractivity contribution in [3.63, 3.8) is 0 Å². The summed E-state index contributed by atoms with van der Waals surface area (Å²) in [5, 5.41) is 10.9. The predicted molar refractivity (Wildman–Crippen MR) is 64.6 cm³/mol. The SMILES string of the molecule is Cc1nnc(NC2CCCS(=O)(=O)C2)nc1C. The minimum atomic E-state index is -2.91. The van der Waals surface area contributed by atoms with Crippen LogP contribution in [0.1, 0.15) is 24.2 Å². The molecule has 1 aliphatic heterocycles. The molecule has 0 aliphatic carbocycles. The molecule has 0 radical (unpaired) electrons. The molecule has 0 saturated carbocycles. The summed E-state index contributed by atoms with van der Waals surface area (Å²) >= 11 is 0. The van der Waals surface area contributed by atoms with Gasteiger partial charge in [0.15, 0.2) is 9.84 Å². The number of sulfone groups is 1. The lowest BCUT2D eigenvalue weighted by atomic mass is 10.2. The van der Waals surface area contributed by atoms with Gasteiger partial charge in [-0.2, -0.15) is 5.10 Å². The second-order valence-corrected chi connectivity index (χ2v) is 6.63. The molecule has 2 heterocycles. The number of hydrogen-bond donors (Lipinski definition) is 1. The lowest BCUT2D eigenvalue weighted by molar-refractivity contribution is 0.560. The molecular formula is C10H16N4O2S. The third-order valence-corrected chi connectivity index (χ3v) is 4.71. The molecule has 1 aromatic rings. The van der Waals surface area contributed by atoms with Crippen LogP contribution in [0.3, 0.4) is 0 Å². The summed E-state index contributed by atoms with van der Waals surface area (Å²) < 4.78 is 23.0. The smallest absolute Gasteiger partial charge is 0.243 e. The van der Waals surface area contributed by atoms with E-state index in [1.807, 2.05) is 13.8 Å². The van der Waals surface area contributed by atoms with Gasteiger partial charge in [-0.3, -0.25) is 0 Å². The van der Waals surface area contributed by atoms with Crippen molar-refractivity contribution in [2.24, 2.45) is 0 Å². The maximum absolute atomic E-state index is 11.5. The zero-order valence-corrected chi connectivity index (χ0v) is 10.8. The molecule has 1 fully saturated rings. The first-order valence-electron chi connectivity index (χ1n) is 5.61. The average molecular weight is 256 g/mol. The van der Waals surface area contributed by atoms with Crippen molar-refractivity contribution in [1.82, 2.24) is 15.2 Å². The maximum atomic E-state index is 11.5. The minimum Gasteiger partial charge on any atom is -0.349 e. The largest absolute Gasteiger partial charge is 0.349 e. The topological polar surface area (TPSA) is 84.8 Å². The van der Waals surface area contributed by atoms with E-state index >= 15 is 0 Å². The van der Waals surface area contributed by atoms with E-state index in [0.717, 1.165) is 17.8 Å². The summed E-state index contributed by atoms with van der Waals surface area (Å²) in [5.74, 6) is 0.857. The van der Waals surface area contributed by atoms with Gasteiger partial charge in [-0.25, -0.2) is 13.4 Å². The molecule has 0 spiro atoms. The highest BCUT2D eigenvalue weighted by atomic mass is 32.2. The molecule has 1 N–H and O–H groups in total. The minimum absolute atomic E-state index is 0.0994. The van der Waals surface area contributed by atoms with Gasteiger partial charge in [-0.05, 0) is 26.7 Å². The second-order valence-electron chi connectivity index (χ2n) is 4.40. The van der Waals surface area contributed by atoms with E-state index in [9.17, 15) is 8.42 Å². The Kier molecular flexibility index (Phi) is 3.28. The molecule has 17 heavy (non-hydrogen) atoms. The first-order valence-corrected chi connectivity index (χ1v) is 7.43. The number of aryl methyl sites for hydroxylation is 2. The van der Waals surface area contributed by atoms with E-state index < -0.39 is 9.84 Å². The van der Waals surface area contributed by atoms with Gasteiger partial charge < -0.3 is 5.32 Å². The quantitative estimate of drug-likeness (QED) is 0.828. The van der Waals surface area contributed by atoms with E-state index in [1.54, 1.807) is 0 Å². The monoisotopic (exact) mass is 256 g/mol. The Morgan fingerprint density at radius 1 is 1.24 bits per heavy atom. The van der Waals surface area contributed by atoms with Gasteiger partial charge in [0.05, 0.1) is 22.9 Å². The van der Waals surface area contributed by atoms with Crippen molar-refractivity contribution < 1.29 is 8.42 Å². The molecule has 0 aromatic carbocycles. The Labute approximate surface area is 101 Å². The van der Waals surface area contributed by atoms with Gasteiger partial charge >= 0.3 is 0 Å². The summed E-state index contributed by atoms with van der Waals surface area (Å²) in [6.07, 6.45) is 1.52. The number of nitrogens with one attached hydrogen (secondary N) is 1. The van der Waals surface area contributed by atoms with Crippen LogP contribution in [-0.4, -0.2) is 41.1 Å². The fourth-order valence-electron chi connectivity index (χ4n) is 1.84. The normalized spacial score (nSPS) is 23.3. The highest BCUT2D eigenvalue weighted by Gasteiger charge is 2.25. The first kappa shape index (κ1) is 12.2. The second kappa shape index (κ2) is 4.56. The zero-order chi connectivity index (χ0) is 12.5. The summed E-state index contributed by atoms with van der Waals surface area (Å²) in [5.41, 5.74) is 1.59. The highest BCUT2D eigenvalue weighted by molar-refractivity contribution is 7.91. The van der Waals surface area contributed by atoms with Gasteiger partial charge in [0.2, 0.25) is 5.95 Å². The predicted octanol–water partition coefficient (Wildman–Crippen LogP) is 0.478. The summed E-state index contributed by atoms with van der Waals surface area (Å²) in [6.45, 7) is 3.69. The number of hydrogen-bond acceptors (Lipinski definition) is 6. The highest BCUT2D eigenvalue weighted by Crippen LogP contribution is 2.15. The molecule has 1 aromatic heterocycles. The number of rotatable bonds is 2. The van der Waals surface area contributed by atoms with E-state index in [4.69, 9.17) is 0 Å². The molecule has 1 atom stereocenters. The van der Waals surface area contributed by atoms with Gasteiger partial charge in [-0.15, -0.1) is 5.10 Å². The Balaban J connectivity index is 2.08. The molecule has 1 unspecified atom stereocenters. The Bertz CT molecular complexity index is 515. The standard InChI is InChI=1S/C10H16N4O2S/c1-7-8(2)13-14-10(11-7)12-9-4-3-5-17(15,16)6-9/h9H,3-6H2,1-2H3,(H,11,12,14). The van der Waals surface area contributed by atoms with Gasteiger partial charge in [0, 0.05) is 6.04 Å². The van der Waals surface area contributed by atoms with Gasteiger partial charge in [0.25, 0.3) is 0 Å². The molecular weight excluding hydrogens is 240 g/mol. The molecule has 94 valence electrons. The van der Waals surface area contributed by atoms with Crippen LogP contribution in [0, 0.1) is 13.8 Å². The molecule has 6 nitrogen and oxygen atoms in total. The molecule has 7 heteroatoms. The van der Waals surface area contributed by atoms with Crippen LogP contribution < -0.4 is 5.32 Å². The Morgan fingerprint density at radius 3 is 2.65 bits per heavy atom. The van der Waals surface area contributed by atoms with Gasteiger partial charge in [-0.1, -0.05) is 0 Å². The van der Waals surface area contributed by atoms with Crippen molar-refractivity contribution in [2.45, 2.75) is 32.7 Å². The van der Waals surface area contributed by atoms with Crippen LogP contribution in [0.4, 0.5) is 5.95 Å². The first-order chi connectivity index (χ1) is 7.96. The van der Waals surface area contributed by atoms with Crippen LogP contribution in [0.15, 0.2) is 0 Å². The molecule has 0 amide bonds. The van der Waals surface area contributed by atoms with Crippen molar-refractivity contribution in [3.8, 4) is 0 Å². The van der Waals surface area contributed by atoms with Crippen molar-refractivity contribution in [3.05, 3.63) is 11.4 Å². The summed E-state index contributed by atoms with van der Waals surface area (Å²) in [6, 6.07) is -0.0994. The third-order valence-electron chi connectivity index (χ3n) is 2.89. The lowest BCUT2D eigenvalue weighted by Gasteiger charge is -2.22. The van der Waals surface area contributed by atoms with Crippen LogP contribution in [0.25, 0.3) is 0 Å². The Morgan fingerprint density at radius 2 is 2.00 bits per heavy atom. The van der Waals surface area contributed by atoms with Crippen molar-refractivity contribution in [2.75, 3.05) is 16.8 Å². The third kappa shape index (κ3) is 3.12.